The summed E-state index contributed by atoms with van der Waals surface area (Å²) in [6.45, 7) is 6.22. The molecule has 0 spiro atoms. The zero-order valence-corrected chi connectivity index (χ0v) is 13.7. The van der Waals surface area contributed by atoms with Crippen molar-refractivity contribution in [3.63, 3.8) is 0 Å². The average Bonchev–Trinajstić information content (AvgIpc) is 2.54. The predicted octanol–water partition coefficient (Wildman–Crippen LogP) is 4.29. The van der Waals surface area contributed by atoms with Crippen LogP contribution in [0.4, 0.5) is 17.5 Å². The van der Waals surface area contributed by atoms with Crippen LogP contribution in [0.1, 0.15) is 26.0 Å². The fourth-order valence-electron chi connectivity index (χ4n) is 2.36. The molecule has 3 rings (SSSR count). The minimum Gasteiger partial charge on any atom is -0.352 e. The Hall–Kier alpha value is -2.69. The molecular weight excluding hydrogens is 286 g/mol. The molecule has 0 aliphatic rings. The van der Waals surface area contributed by atoms with Crippen molar-refractivity contribution in [3.8, 4) is 0 Å². The summed E-state index contributed by atoms with van der Waals surface area (Å²) < 4.78 is 0. The molecule has 0 bridgehead atoms. The lowest BCUT2D eigenvalue weighted by Gasteiger charge is -2.14. The van der Waals surface area contributed by atoms with E-state index < -0.39 is 0 Å². The van der Waals surface area contributed by atoms with Gasteiger partial charge in [-0.15, -0.1) is 0 Å². The summed E-state index contributed by atoms with van der Waals surface area (Å²) in [6.07, 6.45) is 2.82. The SMILES string of the molecule is CCC(C)Nc1nc(C)cc(Nc2cccc3cccnc23)n1. The number of para-hydroxylation sites is 1. The molecule has 1 unspecified atom stereocenters. The number of aryl methyl sites for hydroxylation is 1. The molecule has 2 N–H and O–H groups in total. The number of rotatable bonds is 5. The van der Waals surface area contributed by atoms with Crippen LogP contribution in [0.15, 0.2) is 42.6 Å². The maximum atomic E-state index is 4.56. The molecule has 118 valence electrons. The standard InChI is InChI=1S/C18H21N5/c1-4-12(2)20-18-21-13(3)11-16(23-18)22-15-9-5-7-14-8-6-10-19-17(14)15/h5-12H,4H2,1-3H3,(H2,20,21,22,23). The molecule has 3 aromatic rings. The van der Waals surface area contributed by atoms with E-state index in [-0.39, 0.29) is 0 Å². The molecule has 2 heterocycles. The van der Waals surface area contributed by atoms with Gasteiger partial charge < -0.3 is 10.6 Å². The molecule has 0 amide bonds. The minimum atomic E-state index is 0.337. The van der Waals surface area contributed by atoms with Crippen molar-refractivity contribution >= 4 is 28.4 Å². The van der Waals surface area contributed by atoms with Crippen LogP contribution >= 0.6 is 0 Å². The molecule has 1 aromatic carbocycles. The molecule has 0 aliphatic carbocycles. The highest BCUT2D eigenvalue weighted by atomic mass is 15.2. The van der Waals surface area contributed by atoms with Crippen LogP contribution in [0.3, 0.4) is 0 Å². The molecule has 23 heavy (non-hydrogen) atoms. The quantitative estimate of drug-likeness (QED) is 0.736. The summed E-state index contributed by atoms with van der Waals surface area (Å²) in [6, 6.07) is 12.3. The van der Waals surface area contributed by atoms with Crippen molar-refractivity contribution in [1.29, 1.82) is 0 Å². The third-order valence-electron chi connectivity index (χ3n) is 3.74. The third-order valence-corrected chi connectivity index (χ3v) is 3.74. The van der Waals surface area contributed by atoms with Crippen LogP contribution in [-0.2, 0) is 0 Å². The molecule has 0 aliphatic heterocycles. The molecule has 0 fully saturated rings. The van der Waals surface area contributed by atoms with Gasteiger partial charge >= 0.3 is 0 Å². The lowest BCUT2D eigenvalue weighted by atomic mass is 10.2. The van der Waals surface area contributed by atoms with E-state index in [0.717, 1.165) is 34.5 Å². The Morgan fingerprint density at radius 1 is 1.13 bits per heavy atom. The summed E-state index contributed by atoms with van der Waals surface area (Å²) in [5.74, 6) is 1.41. The average molecular weight is 307 g/mol. The van der Waals surface area contributed by atoms with Crippen molar-refractivity contribution < 1.29 is 0 Å². The lowest BCUT2D eigenvalue weighted by molar-refractivity contribution is 0.752. The van der Waals surface area contributed by atoms with Gasteiger partial charge in [0.15, 0.2) is 0 Å². The van der Waals surface area contributed by atoms with Crippen molar-refractivity contribution in [3.05, 3.63) is 48.3 Å². The van der Waals surface area contributed by atoms with Crippen LogP contribution in [0.25, 0.3) is 10.9 Å². The van der Waals surface area contributed by atoms with Crippen molar-refractivity contribution in [2.24, 2.45) is 0 Å². The smallest absolute Gasteiger partial charge is 0.225 e. The first-order valence-electron chi connectivity index (χ1n) is 7.88. The first kappa shape index (κ1) is 15.2. The Labute approximate surface area is 136 Å². The number of nitrogens with one attached hydrogen (secondary N) is 2. The molecule has 0 saturated heterocycles. The number of anilines is 3. The molecule has 0 radical (unpaired) electrons. The van der Waals surface area contributed by atoms with Crippen molar-refractivity contribution in [1.82, 2.24) is 15.0 Å². The molecule has 2 aromatic heterocycles. The number of nitrogens with zero attached hydrogens (tertiary/aromatic N) is 3. The van der Waals surface area contributed by atoms with E-state index in [9.17, 15) is 0 Å². The van der Waals surface area contributed by atoms with E-state index in [1.54, 1.807) is 6.20 Å². The number of pyridine rings is 1. The molecule has 1 atom stereocenters. The predicted molar refractivity (Wildman–Crippen MR) is 95.2 cm³/mol. The van der Waals surface area contributed by atoms with Gasteiger partial charge in [-0.05, 0) is 32.4 Å². The van der Waals surface area contributed by atoms with Crippen LogP contribution in [0, 0.1) is 6.92 Å². The summed E-state index contributed by atoms with van der Waals surface area (Å²) in [7, 11) is 0. The van der Waals surface area contributed by atoms with Gasteiger partial charge in [0.1, 0.15) is 5.82 Å². The maximum absolute atomic E-state index is 4.56. The first-order valence-corrected chi connectivity index (χ1v) is 7.88. The highest BCUT2D eigenvalue weighted by Gasteiger charge is 2.07. The van der Waals surface area contributed by atoms with E-state index in [1.807, 2.05) is 31.2 Å². The van der Waals surface area contributed by atoms with Crippen LogP contribution in [-0.4, -0.2) is 21.0 Å². The summed E-state index contributed by atoms with van der Waals surface area (Å²) in [5.41, 5.74) is 2.79. The maximum Gasteiger partial charge on any atom is 0.225 e. The number of aromatic nitrogens is 3. The first-order chi connectivity index (χ1) is 11.2. The van der Waals surface area contributed by atoms with Gasteiger partial charge in [0.25, 0.3) is 0 Å². The highest BCUT2D eigenvalue weighted by Crippen LogP contribution is 2.24. The van der Waals surface area contributed by atoms with E-state index in [1.165, 1.54) is 0 Å². The Morgan fingerprint density at radius 2 is 1.96 bits per heavy atom. The molecule has 5 nitrogen and oxygen atoms in total. The second kappa shape index (κ2) is 6.60. The van der Waals surface area contributed by atoms with Crippen LogP contribution in [0.5, 0.6) is 0 Å². The second-order valence-electron chi connectivity index (χ2n) is 5.68. The Kier molecular flexibility index (Phi) is 4.37. The number of fused-ring (bicyclic) bond motifs is 1. The fraction of sp³-hybridized carbons (Fsp3) is 0.278. The number of hydrogen-bond donors (Lipinski definition) is 2. The van der Waals surface area contributed by atoms with E-state index in [0.29, 0.717) is 12.0 Å². The van der Waals surface area contributed by atoms with E-state index in [4.69, 9.17) is 0 Å². The lowest BCUT2D eigenvalue weighted by Crippen LogP contribution is -2.16. The van der Waals surface area contributed by atoms with Gasteiger partial charge in [-0.1, -0.05) is 25.1 Å². The normalized spacial score (nSPS) is 12.1. The van der Waals surface area contributed by atoms with Gasteiger partial charge in [0.2, 0.25) is 5.95 Å². The minimum absolute atomic E-state index is 0.337. The Bertz CT molecular complexity index is 810. The Balaban J connectivity index is 1.92. The number of benzene rings is 1. The van der Waals surface area contributed by atoms with Gasteiger partial charge in [-0.2, -0.15) is 4.98 Å². The van der Waals surface area contributed by atoms with Gasteiger partial charge in [-0.3, -0.25) is 4.98 Å². The van der Waals surface area contributed by atoms with Crippen molar-refractivity contribution in [2.75, 3.05) is 10.6 Å². The van der Waals surface area contributed by atoms with Gasteiger partial charge in [0, 0.05) is 29.4 Å². The largest absolute Gasteiger partial charge is 0.352 e. The topological polar surface area (TPSA) is 62.7 Å². The monoisotopic (exact) mass is 307 g/mol. The van der Waals surface area contributed by atoms with Crippen molar-refractivity contribution in [2.45, 2.75) is 33.2 Å². The summed E-state index contributed by atoms with van der Waals surface area (Å²) in [4.78, 5) is 13.5. The fourth-order valence-corrected chi connectivity index (χ4v) is 2.36. The zero-order valence-electron chi connectivity index (χ0n) is 13.7. The van der Waals surface area contributed by atoms with E-state index in [2.05, 4.69) is 51.6 Å². The summed E-state index contributed by atoms with van der Waals surface area (Å²) >= 11 is 0. The second-order valence-corrected chi connectivity index (χ2v) is 5.68. The molecule has 5 heteroatoms. The highest BCUT2D eigenvalue weighted by molar-refractivity contribution is 5.91. The van der Waals surface area contributed by atoms with Gasteiger partial charge in [0.05, 0.1) is 11.2 Å². The van der Waals surface area contributed by atoms with Crippen LogP contribution < -0.4 is 10.6 Å². The third kappa shape index (κ3) is 3.56. The summed E-state index contributed by atoms with van der Waals surface area (Å²) in [5, 5.41) is 7.78. The Morgan fingerprint density at radius 3 is 2.78 bits per heavy atom. The van der Waals surface area contributed by atoms with Crippen LogP contribution in [0.2, 0.25) is 0 Å². The van der Waals surface area contributed by atoms with Gasteiger partial charge in [-0.25, -0.2) is 4.98 Å². The molecule has 0 saturated carbocycles. The van der Waals surface area contributed by atoms with E-state index >= 15 is 0 Å². The number of hydrogen-bond acceptors (Lipinski definition) is 5. The zero-order chi connectivity index (χ0) is 16.2. The molecular formula is C18H21N5.